The van der Waals surface area contributed by atoms with Crippen LogP contribution in [0.3, 0.4) is 0 Å². The summed E-state index contributed by atoms with van der Waals surface area (Å²) in [6.07, 6.45) is 3.03. The van der Waals surface area contributed by atoms with Gasteiger partial charge in [-0.05, 0) is 27.7 Å². The molecule has 1 aromatic heterocycles. The van der Waals surface area contributed by atoms with Gasteiger partial charge in [-0.2, -0.15) is 0 Å². The maximum atomic E-state index is 10.3. The van der Waals surface area contributed by atoms with Crippen LogP contribution in [0, 0.1) is 6.92 Å². The van der Waals surface area contributed by atoms with Crippen molar-refractivity contribution in [3.63, 3.8) is 0 Å². The van der Waals surface area contributed by atoms with Crippen molar-refractivity contribution in [1.29, 1.82) is 0 Å². The summed E-state index contributed by atoms with van der Waals surface area (Å²) in [6, 6.07) is 0.389. The van der Waals surface area contributed by atoms with Crippen LogP contribution in [0.25, 0.3) is 0 Å². The van der Waals surface area contributed by atoms with Crippen LogP contribution in [0.4, 0.5) is 0 Å². The van der Waals surface area contributed by atoms with Gasteiger partial charge < -0.3 is 23.0 Å². The highest BCUT2D eigenvalue weighted by atomic mass is 28.4. The van der Waals surface area contributed by atoms with Crippen molar-refractivity contribution in [3.8, 4) is 0 Å². The Morgan fingerprint density at radius 1 is 1.20 bits per heavy atom. The van der Waals surface area contributed by atoms with Gasteiger partial charge in [-0.1, -0.05) is 0 Å². The topological polar surface area (TPSA) is 65.7 Å². The molecule has 6 nitrogen and oxygen atoms in total. The highest BCUT2D eigenvalue weighted by Gasteiger charge is 2.42. The van der Waals surface area contributed by atoms with E-state index in [9.17, 15) is 5.11 Å². The van der Waals surface area contributed by atoms with E-state index in [1.165, 1.54) is 0 Å². The summed E-state index contributed by atoms with van der Waals surface area (Å²) >= 11 is 0. The van der Waals surface area contributed by atoms with Gasteiger partial charge in [0.2, 0.25) is 0 Å². The molecule has 116 valence electrons. The lowest BCUT2D eigenvalue weighted by Crippen LogP contribution is -2.49. The molecular weight excluding hydrogens is 276 g/mol. The third-order valence-electron chi connectivity index (χ3n) is 2.76. The Kier molecular flexibility index (Phi) is 7.39. The van der Waals surface area contributed by atoms with Crippen molar-refractivity contribution < 1.29 is 18.4 Å². The number of rotatable bonds is 10. The van der Waals surface area contributed by atoms with Crippen LogP contribution in [0.5, 0.6) is 0 Å². The molecule has 0 fully saturated rings. The van der Waals surface area contributed by atoms with E-state index in [4.69, 9.17) is 13.3 Å². The van der Waals surface area contributed by atoms with Crippen LogP contribution in [0.15, 0.2) is 12.5 Å². The molecule has 0 saturated carbocycles. The number of hydrogen-bond acceptors (Lipinski definition) is 5. The van der Waals surface area contributed by atoms with Gasteiger partial charge in [0.05, 0.1) is 18.1 Å². The lowest BCUT2D eigenvalue weighted by Gasteiger charge is -2.30. The molecule has 1 rings (SSSR count). The number of aromatic nitrogens is 2. The van der Waals surface area contributed by atoms with Gasteiger partial charge in [-0.3, -0.25) is 0 Å². The van der Waals surface area contributed by atoms with E-state index in [0.717, 1.165) is 5.69 Å². The second-order valence-corrected chi connectivity index (χ2v) is 7.19. The van der Waals surface area contributed by atoms with Gasteiger partial charge in [0.15, 0.2) is 0 Å². The zero-order chi connectivity index (χ0) is 15.0. The van der Waals surface area contributed by atoms with Crippen molar-refractivity contribution in [2.45, 2.75) is 46.4 Å². The summed E-state index contributed by atoms with van der Waals surface area (Å²) in [5.41, 5.74) is 0.931. The van der Waals surface area contributed by atoms with Gasteiger partial charge in [0.25, 0.3) is 0 Å². The van der Waals surface area contributed by atoms with Gasteiger partial charge in [-0.25, -0.2) is 4.98 Å². The summed E-state index contributed by atoms with van der Waals surface area (Å²) in [5.74, 6) is 0. The molecule has 0 aliphatic rings. The van der Waals surface area contributed by atoms with Gasteiger partial charge in [0.1, 0.15) is 0 Å². The minimum absolute atomic E-state index is 0.389. The van der Waals surface area contributed by atoms with E-state index in [-0.39, 0.29) is 0 Å². The molecule has 1 heterocycles. The predicted octanol–water partition coefficient (Wildman–Crippen LogP) is 1.60. The molecule has 1 N–H and O–H groups in total. The van der Waals surface area contributed by atoms with Crippen molar-refractivity contribution in [3.05, 3.63) is 18.2 Å². The van der Waals surface area contributed by atoms with Crippen LogP contribution in [-0.4, -0.2) is 49.4 Å². The first-order chi connectivity index (χ1) is 9.55. The Bertz CT molecular complexity index is 369. The molecule has 0 saturated heterocycles. The molecule has 20 heavy (non-hydrogen) atoms. The predicted molar refractivity (Wildman–Crippen MR) is 78.4 cm³/mol. The first-order valence-electron chi connectivity index (χ1n) is 7.13. The summed E-state index contributed by atoms with van der Waals surface area (Å²) in [7, 11) is -2.79. The fraction of sp³-hybridized carbons (Fsp3) is 0.769. The number of imidazole rings is 1. The van der Waals surface area contributed by atoms with Crippen LogP contribution < -0.4 is 0 Å². The molecule has 0 aromatic carbocycles. The second kappa shape index (κ2) is 8.53. The second-order valence-electron chi connectivity index (χ2n) is 4.55. The molecule has 1 aromatic rings. The third-order valence-corrected chi connectivity index (χ3v) is 5.92. The van der Waals surface area contributed by atoms with Crippen molar-refractivity contribution in [2.24, 2.45) is 0 Å². The van der Waals surface area contributed by atoms with Crippen molar-refractivity contribution in [1.82, 2.24) is 9.55 Å². The van der Waals surface area contributed by atoms with E-state index < -0.39 is 14.9 Å². The summed E-state index contributed by atoms with van der Waals surface area (Å²) in [4.78, 5) is 4.14. The van der Waals surface area contributed by atoms with Crippen LogP contribution in [-0.2, 0) is 19.8 Å². The highest BCUT2D eigenvalue weighted by molar-refractivity contribution is 6.60. The zero-order valence-corrected chi connectivity index (χ0v) is 13.8. The Morgan fingerprint density at radius 3 is 2.15 bits per heavy atom. The lowest BCUT2D eigenvalue weighted by molar-refractivity contribution is 0.0531. The summed E-state index contributed by atoms with van der Waals surface area (Å²) in [5, 5.41) is 10.3. The normalized spacial score (nSPS) is 13.7. The number of nitrogens with zero attached hydrogens (tertiary/aromatic N) is 2. The molecule has 0 radical (unpaired) electrons. The van der Waals surface area contributed by atoms with Gasteiger partial charge in [-0.15, -0.1) is 0 Å². The number of hydrogen-bond donors (Lipinski definition) is 1. The number of aryl methyl sites for hydroxylation is 1. The van der Waals surface area contributed by atoms with Crippen LogP contribution >= 0.6 is 0 Å². The van der Waals surface area contributed by atoms with Gasteiger partial charge in [0, 0.05) is 38.6 Å². The average molecular weight is 302 g/mol. The fourth-order valence-electron chi connectivity index (χ4n) is 2.13. The van der Waals surface area contributed by atoms with Crippen LogP contribution in [0.2, 0.25) is 6.04 Å². The Hall–Kier alpha value is -0.733. The largest absolute Gasteiger partial charge is 0.503 e. The minimum atomic E-state index is -2.79. The van der Waals surface area contributed by atoms with Gasteiger partial charge >= 0.3 is 8.80 Å². The molecule has 0 aliphatic carbocycles. The number of aliphatic hydroxyl groups is 1. The van der Waals surface area contributed by atoms with Crippen molar-refractivity contribution in [2.75, 3.05) is 19.8 Å². The average Bonchev–Trinajstić information content (AvgIpc) is 2.75. The van der Waals surface area contributed by atoms with E-state index in [2.05, 4.69) is 4.98 Å². The van der Waals surface area contributed by atoms with E-state index in [0.29, 0.717) is 32.4 Å². The van der Waals surface area contributed by atoms with E-state index in [1.807, 2.05) is 38.5 Å². The fourth-order valence-corrected chi connectivity index (χ4v) is 4.76. The van der Waals surface area contributed by atoms with E-state index >= 15 is 0 Å². The van der Waals surface area contributed by atoms with E-state index in [1.54, 1.807) is 6.33 Å². The molecule has 1 atom stereocenters. The summed E-state index contributed by atoms with van der Waals surface area (Å²) < 4.78 is 19.1. The quantitative estimate of drug-likeness (QED) is 0.665. The number of aliphatic hydroxyl groups excluding tert-OH is 1. The zero-order valence-electron chi connectivity index (χ0n) is 12.8. The standard InChI is InChI=1S/C13H26N2O4Si/c1-5-17-20(18-6-2,19-7-3)10-13(16)9-15-8-12(4)14-11-15/h8,11,13,16H,5-7,9-10H2,1-4H3. The van der Waals surface area contributed by atoms with Crippen molar-refractivity contribution >= 4 is 8.80 Å². The molecule has 0 bridgehead atoms. The summed E-state index contributed by atoms with van der Waals surface area (Å²) in [6.45, 7) is 9.66. The maximum absolute atomic E-state index is 10.3. The lowest BCUT2D eigenvalue weighted by atomic mass is 10.4. The highest BCUT2D eigenvalue weighted by Crippen LogP contribution is 2.19. The molecular formula is C13H26N2O4Si. The monoisotopic (exact) mass is 302 g/mol. The molecule has 7 heteroatoms. The minimum Gasteiger partial charge on any atom is -0.391 e. The van der Waals surface area contributed by atoms with Crippen LogP contribution in [0.1, 0.15) is 26.5 Å². The Morgan fingerprint density at radius 2 is 1.75 bits per heavy atom. The molecule has 0 aliphatic heterocycles. The Labute approximate surface area is 122 Å². The third kappa shape index (κ3) is 5.33. The SMILES string of the molecule is CCO[Si](CC(O)Cn1cnc(C)c1)(OCC)OCC. The molecule has 1 unspecified atom stereocenters. The molecule has 0 amide bonds. The molecule has 0 spiro atoms. The Balaban J connectivity index is 2.66. The first-order valence-corrected chi connectivity index (χ1v) is 9.06. The first kappa shape index (κ1) is 17.3. The maximum Gasteiger partial charge on any atom is 0.503 e. The smallest absolute Gasteiger partial charge is 0.391 e.